The van der Waals surface area contributed by atoms with E-state index in [1.54, 1.807) is 11.6 Å². The zero-order valence-corrected chi connectivity index (χ0v) is 24.7. The minimum absolute atomic E-state index is 0.0540. The number of carbonyl (C=O) groups is 1. The number of aromatic nitrogens is 2. The summed E-state index contributed by atoms with van der Waals surface area (Å²) in [6.07, 6.45) is 4.17. The molecular weight excluding hydrogens is 526 g/mol. The summed E-state index contributed by atoms with van der Waals surface area (Å²) in [5.41, 5.74) is 0.219. The fourth-order valence-corrected chi connectivity index (χ4v) is 6.68. The molecular formula is C31H39N3O5S. The molecule has 0 bridgehead atoms. The fourth-order valence-electron chi connectivity index (χ4n) is 5.27. The van der Waals surface area contributed by atoms with Gasteiger partial charge in [-0.2, -0.15) is 0 Å². The van der Waals surface area contributed by atoms with Crippen LogP contribution in [0, 0.1) is 5.41 Å². The van der Waals surface area contributed by atoms with Crippen molar-refractivity contribution in [3.05, 3.63) is 83.8 Å². The van der Waals surface area contributed by atoms with E-state index in [9.17, 15) is 18.3 Å². The van der Waals surface area contributed by atoms with Crippen molar-refractivity contribution in [1.82, 2.24) is 14.3 Å². The van der Waals surface area contributed by atoms with E-state index in [1.165, 1.54) is 6.20 Å². The first-order valence-electron chi connectivity index (χ1n) is 13.7. The minimum atomic E-state index is -4.17. The van der Waals surface area contributed by atoms with E-state index in [0.717, 1.165) is 17.5 Å². The van der Waals surface area contributed by atoms with Gasteiger partial charge >= 0.3 is 5.97 Å². The molecule has 9 heteroatoms. The van der Waals surface area contributed by atoms with Crippen molar-refractivity contribution < 1.29 is 23.1 Å². The van der Waals surface area contributed by atoms with Crippen LogP contribution in [0.2, 0.25) is 0 Å². The number of cyclic esters (lactones) is 1. The number of ether oxygens (including phenoxy) is 1. The average molecular weight is 566 g/mol. The zero-order valence-electron chi connectivity index (χ0n) is 23.8. The summed E-state index contributed by atoms with van der Waals surface area (Å²) in [5, 5.41) is 11.2. The van der Waals surface area contributed by atoms with Gasteiger partial charge < -0.3 is 14.4 Å². The van der Waals surface area contributed by atoms with Crippen LogP contribution in [0.15, 0.2) is 83.2 Å². The third-order valence-electron chi connectivity index (χ3n) is 7.34. The molecule has 0 radical (unpaired) electrons. The standard InChI is InChI=1S/C31H39N3O5S/c1-6-18-31(19-17-22-13-9-7-10-14-22)20-24(35)26(29(36)39-31)27(30(2,3)4)33-40(37,38)25-21-34(5)28(32-25)23-15-11-8-12-16-23/h7-16,21,27,33,35H,6,17-20H2,1-5H3/t27?,31-/m1/s1. The van der Waals surface area contributed by atoms with Crippen LogP contribution >= 0.6 is 0 Å². The van der Waals surface area contributed by atoms with Gasteiger partial charge in [-0.25, -0.2) is 22.9 Å². The normalized spacial score (nSPS) is 19.0. The quantitative estimate of drug-likeness (QED) is 0.305. The molecule has 0 fully saturated rings. The van der Waals surface area contributed by atoms with E-state index in [4.69, 9.17) is 4.74 Å². The van der Waals surface area contributed by atoms with Gasteiger partial charge in [0.1, 0.15) is 17.2 Å². The highest BCUT2D eigenvalue weighted by Crippen LogP contribution is 2.40. The summed E-state index contributed by atoms with van der Waals surface area (Å²) >= 11 is 0. The number of carbonyl (C=O) groups excluding carboxylic acids is 1. The summed E-state index contributed by atoms with van der Waals surface area (Å²) in [7, 11) is -2.44. The van der Waals surface area contributed by atoms with Gasteiger partial charge in [0.2, 0.25) is 0 Å². The first-order chi connectivity index (χ1) is 18.8. The lowest BCUT2D eigenvalue weighted by molar-refractivity contribution is -0.161. The first kappa shape index (κ1) is 29.6. The maximum absolute atomic E-state index is 13.6. The molecule has 1 aromatic heterocycles. The number of aliphatic hydroxyl groups is 1. The van der Waals surface area contributed by atoms with Crippen molar-refractivity contribution in [2.75, 3.05) is 0 Å². The maximum Gasteiger partial charge on any atom is 0.339 e. The molecule has 1 aliphatic heterocycles. The highest BCUT2D eigenvalue weighted by atomic mass is 32.2. The zero-order chi connectivity index (χ0) is 29.1. The molecule has 0 saturated heterocycles. The van der Waals surface area contributed by atoms with Crippen LogP contribution in [0.1, 0.15) is 58.9 Å². The van der Waals surface area contributed by atoms with Gasteiger partial charge in [-0.05, 0) is 30.2 Å². The van der Waals surface area contributed by atoms with Gasteiger partial charge in [0.25, 0.3) is 10.0 Å². The SMILES string of the molecule is CCC[C@@]1(CCc2ccccc2)CC(O)=C(C(NS(=O)(=O)c2cn(C)c(-c3ccccc3)n2)C(C)(C)C)C(=O)O1. The molecule has 2 atom stereocenters. The Balaban J connectivity index is 1.64. The second-order valence-electron chi connectivity index (χ2n) is 11.6. The van der Waals surface area contributed by atoms with Crippen molar-refractivity contribution in [3.8, 4) is 11.4 Å². The Labute approximate surface area is 237 Å². The van der Waals surface area contributed by atoms with Crippen LogP contribution in [0.3, 0.4) is 0 Å². The number of hydrogen-bond acceptors (Lipinski definition) is 6. The van der Waals surface area contributed by atoms with Gasteiger partial charge in [-0.15, -0.1) is 0 Å². The van der Waals surface area contributed by atoms with Gasteiger partial charge in [-0.3, -0.25) is 0 Å². The minimum Gasteiger partial charge on any atom is -0.512 e. The highest BCUT2D eigenvalue weighted by molar-refractivity contribution is 7.89. The molecule has 214 valence electrons. The number of nitrogens with zero attached hydrogens (tertiary/aromatic N) is 2. The molecule has 0 spiro atoms. The van der Waals surface area contributed by atoms with Crippen LogP contribution in [0.25, 0.3) is 11.4 Å². The summed E-state index contributed by atoms with van der Waals surface area (Å²) < 4.78 is 37.6. The number of aliphatic hydroxyl groups excluding tert-OH is 1. The van der Waals surface area contributed by atoms with Gasteiger partial charge in [0.15, 0.2) is 5.03 Å². The Morgan fingerprint density at radius 1 is 1.07 bits per heavy atom. The number of sulfonamides is 1. The maximum atomic E-state index is 13.6. The van der Waals surface area contributed by atoms with Crippen LogP contribution in [0.5, 0.6) is 0 Å². The lowest BCUT2D eigenvalue weighted by Gasteiger charge is -2.41. The molecule has 0 aliphatic carbocycles. The molecule has 0 saturated carbocycles. The van der Waals surface area contributed by atoms with E-state index >= 15 is 0 Å². The number of hydrogen-bond donors (Lipinski definition) is 2. The molecule has 2 N–H and O–H groups in total. The molecule has 40 heavy (non-hydrogen) atoms. The van der Waals surface area contributed by atoms with E-state index in [2.05, 4.69) is 9.71 Å². The fraction of sp³-hybridized carbons (Fsp3) is 0.419. The van der Waals surface area contributed by atoms with Crippen LogP contribution in [-0.2, 0) is 33.0 Å². The predicted octanol–water partition coefficient (Wildman–Crippen LogP) is 5.71. The molecule has 2 heterocycles. The largest absolute Gasteiger partial charge is 0.512 e. The number of nitrogens with one attached hydrogen (secondary N) is 1. The number of benzene rings is 2. The molecule has 4 rings (SSSR count). The van der Waals surface area contributed by atoms with E-state index in [0.29, 0.717) is 25.1 Å². The van der Waals surface area contributed by atoms with Crippen LogP contribution < -0.4 is 4.72 Å². The van der Waals surface area contributed by atoms with Gasteiger partial charge in [0, 0.05) is 25.2 Å². The van der Waals surface area contributed by atoms with Crippen molar-refractivity contribution >= 4 is 16.0 Å². The lowest BCUT2D eigenvalue weighted by Crippen LogP contribution is -2.51. The van der Waals surface area contributed by atoms with Gasteiger partial charge in [0.05, 0.1) is 11.6 Å². The summed E-state index contributed by atoms with van der Waals surface area (Å²) in [4.78, 5) is 18.0. The van der Waals surface area contributed by atoms with Crippen LogP contribution in [0.4, 0.5) is 0 Å². The van der Waals surface area contributed by atoms with Crippen molar-refractivity contribution in [3.63, 3.8) is 0 Å². The molecule has 0 amide bonds. The summed E-state index contributed by atoms with van der Waals surface area (Å²) in [6.45, 7) is 7.44. The molecule has 1 aliphatic rings. The number of rotatable bonds is 10. The first-order valence-corrected chi connectivity index (χ1v) is 15.1. The highest BCUT2D eigenvalue weighted by Gasteiger charge is 2.46. The van der Waals surface area contributed by atoms with Crippen LogP contribution in [-0.4, -0.2) is 40.7 Å². The molecule has 2 aromatic carbocycles. The Hall–Kier alpha value is -3.43. The van der Waals surface area contributed by atoms with Crippen molar-refractivity contribution in [2.24, 2.45) is 12.5 Å². The van der Waals surface area contributed by atoms with Crippen molar-refractivity contribution in [2.45, 2.75) is 76.5 Å². The number of imidazole rings is 1. The molecule has 8 nitrogen and oxygen atoms in total. The lowest BCUT2D eigenvalue weighted by atomic mass is 9.78. The topological polar surface area (TPSA) is 111 Å². The predicted molar refractivity (Wildman–Crippen MR) is 155 cm³/mol. The van der Waals surface area contributed by atoms with E-state index < -0.39 is 33.1 Å². The summed E-state index contributed by atoms with van der Waals surface area (Å²) in [5.74, 6) is -0.333. The number of esters is 1. The van der Waals surface area contributed by atoms with Crippen molar-refractivity contribution in [1.29, 1.82) is 0 Å². The monoisotopic (exact) mass is 565 g/mol. The Morgan fingerprint density at radius 2 is 1.70 bits per heavy atom. The van der Waals surface area contributed by atoms with Gasteiger partial charge in [-0.1, -0.05) is 94.8 Å². The molecule has 1 unspecified atom stereocenters. The average Bonchev–Trinajstić information content (AvgIpc) is 3.30. The second-order valence-corrected chi connectivity index (χ2v) is 13.3. The molecule has 3 aromatic rings. The second kappa shape index (κ2) is 11.6. The van der Waals surface area contributed by atoms with E-state index in [1.807, 2.05) is 88.4 Å². The smallest absolute Gasteiger partial charge is 0.339 e. The Morgan fingerprint density at radius 3 is 2.27 bits per heavy atom. The van der Waals surface area contributed by atoms with E-state index in [-0.39, 0.29) is 22.8 Å². The Bertz CT molecular complexity index is 1470. The third-order valence-corrected chi connectivity index (χ3v) is 8.63. The number of aryl methyl sites for hydroxylation is 2. The third kappa shape index (κ3) is 6.47. The Kier molecular flexibility index (Phi) is 8.56. The summed E-state index contributed by atoms with van der Waals surface area (Å²) in [6, 6.07) is 18.2.